The Hall–Kier alpha value is -1.88. The number of thiol groups is 1. The molecule has 2 unspecified atom stereocenters. The van der Waals surface area contributed by atoms with Crippen molar-refractivity contribution in [2.24, 2.45) is 16.8 Å². The van der Waals surface area contributed by atoms with E-state index < -0.39 is 17.8 Å². The summed E-state index contributed by atoms with van der Waals surface area (Å²) in [5, 5.41) is 9.12. The average Bonchev–Trinajstić information content (AvgIpc) is 2.49. The summed E-state index contributed by atoms with van der Waals surface area (Å²) in [6, 6.07) is 7.59. The highest BCUT2D eigenvalue weighted by molar-refractivity contribution is 7.80. The number of allylic oxidation sites excluding steroid dienone is 1. The van der Waals surface area contributed by atoms with Crippen LogP contribution in [0.5, 0.6) is 0 Å². The van der Waals surface area contributed by atoms with Crippen molar-refractivity contribution in [1.82, 2.24) is 0 Å². The minimum atomic E-state index is -0.969. The van der Waals surface area contributed by atoms with Gasteiger partial charge >= 0.3 is 5.97 Å². The number of carbonyl (C=O) groups is 2. The van der Waals surface area contributed by atoms with E-state index in [1.54, 1.807) is 12.3 Å². The second-order valence-electron chi connectivity index (χ2n) is 5.00. The molecule has 0 spiro atoms. The fraction of sp³-hybridized carbons (Fsp3) is 0.312. The molecule has 4 nitrogen and oxygen atoms in total. The molecule has 0 bridgehead atoms. The quantitative estimate of drug-likeness (QED) is 0.510. The molecule has 0 aromatic heterocycles. The van der Waals surface area contributed by atoms with Crippen molar-refractivity contribution in [2.75, 3.05) is 0 Å². The summed E-state index contributed by atoms with van der Waals surface area (Å²) in [5.41, 5.74) is 1.03. The molecule has 1 aliphatic rings. The Balaban J connectivity index is 1.97. The lowest BCUT2D eigenvalue weighted by atomic mass is 9.83. The van der Waals surface area contributed by atoms with Crippen LogP contribution in [0, 0.1) is 11.8 Å². The predicted molar refractivity (Wildman–Crippen MR) is 83.9 cm³/mol. The summed E-state index contributed by atoms with van der Waals surface area (Å²) < 4.78 is 0. The van der Waals surface area contributed by atoms with Gasteiger partial charge in [-0.2, -0.15) is 0 Å². The summed E-state index contributed by atoms with van der Waals surface area (Å²) in [6.45, 7) is 0. The largest absolute Gasteiger partial charge is 0.481 e. The van der Waals surface area contributed by atoms with E-state index in [9.17, 15) is 9.59 Å². The standard InChI is InChI=1S/C16H17NO3S/c18-15(13-3-1-2-4-14(13)16(19)20)17-10-9-11-5-7-12(21)8-6-11/h2,4-8,10,13-14,21H,1,3,9H2,(H,19,20). The Morgan fingerprint density at radius 1 is 1.33 bits per heavy atom. The molecular formula is C16H17NO3S. The maximum Gasteiger partial charge on any atom is 0.311 e. The van der Waals surface area contributed by atoms with Crippen LogP contribution in [0.3, 0.4) is 0 Å². The maximum absolute atomic E-state index is 12.0. The van der Waals surface area contributed by atoms with Crippen molar-refractivity contribution in [3.05, 3.63) is 42.0 Å². The maximum atomic E-state index is 12.0. The Kier molecular flexibility index (Phi) is 5.33. The zero-order valence-electron chi connectivity index (χ0n) is 11.5. The first kappa shape index (κ1) is 15.5. The van der Waals surface area contributed by atoms with E-state index in [1.165, 1.54) is 0 Å². The Labute approximate surface area is 129 Å². The molecular weight excluding hydrogens is 286 g/mol. The fourth-order valence-corrected chi connectivity index (χ4v) is 2.48. The van der Waals surface area contributed by atoms with Gasteiger partial charge in [0.1, 0.15) is 0 Å². The molecule has 1 aromatic rings. The summed E-state index contributed by atoms with van der Waals surface area (Å²) >= 11 is 4.20. The lowest BCUT2D eigenvalue weighted by Gasteiger charge is -2.21. The van der Waals surface area contributed by atoms with E-state index in [0.717, 1.165) is 16.9 Å². The van der Waals surface area contributed by atoms with Crippen LogP contribution in [0.2, 0.25) is 0 Å². The summed E-state index contributed by atoms with van der Waals surface area (Å²) in [7, 11) is 0. The lowest BCUT2D eigenvalue weighted by Crippen LogP contribution is -2.29. The van der Waals surface area contributed by atoms with Crippen molar-refractivity contribution in [3.8, 4) is 0 Å². The van der Waals surface area contributed by atoms with Gasteiger partial charge in [0.25, 0.3) is 0 Å². The van der Waals surface area contributed by atoms with Crippen LogP contribution in [0.25, 0.3) is 0 Å². The van der Waals surface area contributed by atoms with Crippen molar-refractivity contribution in [1.29, 1.82) is 0 Å². The van der Waals surface area contributed by atoms with Gasteiger partial charge < -0.3 is 5.11 Å². The summed E-state index contributed by atoms with van der Waals surface area (Å²) in [4.78, 5) is 28.0. The van der Waals surface area contributed by atoms with Crippen molar-refractivity contribution < 1.29 is 14.7 Å². The van der Waals surface area contributed by atoms with Crippen molar-refractivity contribution in [2.45, 2.75) is 24.2 Å². The van der Waals surface area contributed by atoms with Gasteiger partial charge in [-0.05, 0) is 30.5 Å². The van der Waals surface area contributed by atoms with E-state index in [0.29, 0.717) is 12.8 Å². The highest BCUT2D eigenvalue weighted by Crippen LogP contribution is 2.26. The number of hydrogen-bond donors (Lipinski definition) is 2. The SMILES string of the molecule is O=C(O)C1C=CCCC1C(=O)N=CCc1ccc(S)cc1. The fourth-order valence-electron chi connectivity index (χ4n) is 2.33. The normalized spacial score (nSPS) is 21.6. The van der Waals surface area contributed by atoms with Crippen LogP contribution in [-0.2, 0) is 16.0 Å². The third-order valence-corrected chi connectivity index (χ3v) is 3.80. The third kappa shape index (κ3) is 4.29. The van der Waals surface area contributed by atoms with E-state index in [4.69, 9.17) is 5.11 Å². The second kappa shape index (κ2) is 7.22. The number of aliphatic carboxylic acids is 1. The number of rotatable bonds is 4. The van der Waals surface area contributed by atoms with Gasteiger partial charge in [-0.25, -0.2) is 4.99 Å². The Morgan fingerprint density at radius 2 is 2.05 bits per heavy atom. The first-order valence-electron chi connectivity index (χ1n) is 6.81. The molecule has 5 heteroatoms. The molecule has 2 rings (SSSR count). The van der Waals surface area contributed by atoms with Crippen LogP contribution in [0.1, 0.15) is 18.4 Å². The molecule has 0 fully saturated rings. The highest BCUT2D eigenvalue weighted by Gasteiger charge is 2.32. The van der Waals surface area contributed by atoms with Gasteiger partial charge in [0.15, 0.2) is 0 Å². The lowest BCUT2D eigenvalue weighted by molar-refractivity contribution is -0.144. The molecule has 1 amide bonds. The number of carboxylic acid groups (broad SMARTS) is 1. The molecule has 0 saturated carbocycles. The molecule has 0 heterocycles. The molecule has 1 aromatic carbocycles. The van der Waals surface area contributed by atoms with E-state index >= 15 is 0 Å². The van der Waals surface area contributed by atoms with Crippen LogP contribution >= 0.6 is 12.6 Å². The number of hydrogen-bond acceptors (Lipinski definition) is 3. The molecule has 1 N–H and O–H groups in total. The number of carboxylic acids is 1. The molecule has 1 aliphatic carbocycles. The van der Waals surface area contributed by atoms with Crippen LogP contribution in [0.4, 0.5) is 0 Å². The number of amides is 1. The van der Waals surface area contributed by atoms with Crippen molar-refractivity contribution in [3.63, 3.8) is 0 Å². The van der Waals surface area contributed by atoms with Crippen LogP contribution < -0.4 is 0 Å². The van der Waals surface area contributed by atoms with Gasteiger partial charge in [0.2, 0.25) is 5.91 Å². The molecule has 0 saturated heterocycles. The van der Waals surface area contributed by atoms with Gasteiger partial charge in [-0.3, -0.25) is 9.59 Å². The van der Waals surface area contributed by atoms with Gasteiger partial charge in [0, 0.05) is 17.5 Å². The van der Waals surface area contributed by atoms with Gasteiger partial charge in [-0.15, -0.1) is 12.6 Å². The Bertz CT molecular complexity index is 578. The van der Waals surface area contributed by atoms with Crippen molar-refractivity contribution >= 4 is 30.7 Å². The predicted octanol–water partition coefficient (Wildman–Crippen LogP) is 2.78. The number of nitrogens with zero attached hydrogens (tertiary/aromatic N) is 1. The Morgan fingerprint density at radius 3 is 2.71 bits per heavy atom. The topological polar surface area (TPSA) is 66.7 Å². The minimum Gasteiger partial charge on any atom is -0.481 e. The number of aliphatic imine (C=N–C) groups is 1. The van der Waals surface area contributed by atoms with E-state index in [1.807, 2.05) is 30.3 Å². The molecule has 2 atom stereocenters. The van der Waals surface area contributed by atoms with Crippen LogP contribution in [-0.4, -0.2) is 23.2 Å². The van der Waals surface area contributed by atoms with Gasteiger partial charge in [0.05, 0.1) is 11.8 Å². The first-order valence-corrected chi connectivity index (χ1v) is 7.26. The molecule has 0 aliphatic heterocycles. The summed E-state index contributed by atoms with van der Waals surface area (Å²) in [6.07, 6.45) is 6.75. The van der Waals surface area contributed by atoms with E-state index in [-0.39, 0.29) is 5.91 Å². The van der Waals surface area contributed by atoms with Gasteiger partial charge in [-0.1, -0.05) is 24.3 Å². The molecule has 0 radical (unpaired) electrons. The zero-order chi connectivity index (χ0) is 15.2. The minimum absolute atomic E-state index is 0.349. The highest BCUT2D eigenvalue weighted by atomic mass is 32.1. The van der Waals surface area contributed by atoms with Crippen LogP contribution in [0.15, 0.2) is 46.3 Å². The first-order chi connectivity index (χ1) is 10.1. The average molecular weight is 303 g/mol. The smallest absolute Gasteiger partial charge is 0.311 e. The third-order valence-electron chi connectivity index (χ3n) is 3.51. The number of carbonyl (C=O) groups excluding carboxylic acids is 1. The second-order valence-corrected chi connectivity index (χ2v) is 5.51. The summed E-state index contributed by atoms with van der Waals surface area (Å²) in [5.74, 6) is -2.63. The van der Waals surface area contributed by atoms with E-state index in [2.05, 4.69) is 17.6 Å². The zero-order valence-corrected chi connectivity index (χ0v) is 12.4. The molecule has 110 valence electrons. The molecule has 21 heavy (non-hydrogen) atoms. The number of benzene rings is 1. The monoisotopic (exact) mass is 303 g/mol.